The fourth-order valence-electron chi connectivity index (χ4n) is 8.96. The van der Waals surface area contributed by atoms with Crippen LogP contribution in [-0.2, 0) is 14.3 Å². The lowest BCUT2D eigenvalue weighted by Crippen LogP contribution is -2.45. The van der Waals surface area contributed by atoms with Gasteiger partial charge in [-0.05, 0) is 83.5 Å². The van der Waals surface area contributed by atoms with Crippen molar-refractivity contribution in [2.24, 2.45) is 0 Å². The van der Waals surface area contributed by atoms with Crippen molar-refractivity contribution in [1.29, 1.82) is 0 Å². The van der Waals surface area contributed by atoms with E-state index in [-0.39, 0.29) is 18.5 Å². The summed E-state index contributed by atoms with van der Waals surface area (Å²) in [6.07, 6.45) is 72.9. The van der Waals surface area contributed by atoms with Crippen molar-refractivity contribution < 1.29 is 24.5 Å². The van der Waals surface area contributed by atoms with E-state index in [1.807, 2.05) is 6.08 Å². The molecular weight excluding hydrogens is 839 g/mol. The van der Waals surface area contributed by atoms with Crippen LogP contribution in [0.15, 0.2) is 48.6 Å². The standard InChI is InChI=1S/C62H115NO5/c1-3-5-7-9-11-13-15-17-19-21-23-24-25-26-27-28-29-31-33-35-38-42-46-50-54-60(65)59(58-64)63-61(66)55-51-47-43-39-37-41-45-49-53-57-68-62(67)56-52-48-44-40-36-34-32-30-22-20-18-16-14-12-10-8-6-4-2/h14,16,20,22,39,43,50,54,59-60,64-65H,3-13,15,17-19,21,23-38,40-42,44-49,51-53,55-58H2,1-2H3,(H,63,66)/b16-14-,22-20-,43-39-,54-50+. The van der Waals surface area contributed by atoms with Gasteiger partial charge < -0.3 is 20.3 Å². The van der Waals surface area contributed by atoms with Gasteiger partial charge in [0.05, 0.1) is 25.4 Å². The first-order chi connectivity index (χ1) is 33.5. The lowest BCUT2D eigenvalue weighted by atomic mass is 10.0. The summed E-state index contributed by atoms with van der Waals surface area (Å²) in [6.45, 7) is 4.80. The number of aliphatic hydroxyl groups excluding tert-OH is 2. The molecule has 0 fully saturated rings. The predicted molar refractivity (Wildman–Crippen MR) is 296 cm³/mol. The third-order valence-electron chi connectivity index (χ3n) is 13.6. The van der Waals surface area contributed by atoms with Gasteiger partial charge in [0.1, 0.15) is 0 Å². The molecule has 6 heteroatoms. The van der Waals surface area contributed by atoms with Gasteiger partial charge in [-0.2, -0.15) is 0 Å². The van der Waals surface area contributed by atoms with Crippen LogP contribution < -0.4 is 5.32 Å². The Kier molecular flexibility index (Phi) is 55.6. The second-order valence-corrected chi connectivity index (χ2v) is 20.3. The first-order valence-corrected chi connectivity index (χ1v) is 29.9. The van der Waals surface area contributed by atoms with Crippen LogP contribution >= 0.6 is 0 Å². The van der Waals surface area contributed by atoms with Gasteiger partial charge in [-0.25, -0.2) is 0 Å². The van der Waals surface area contributed by atoms with Crippen molar-refractivity contribution in [2.75, 3.05) is 13.2 Å². The molecule has 68 heavy (non-hydrogen) atoms. The summed E-state index contributed by atoms with van der Waals surface area (Å²) < 4.78 is 5.45. The Morgan fingerprint density at radius 3 is 1.18 bits per heavy atom. The van der Waals surface area contributed by atoms with Crippen LogP contribution in [0.3, 0.4) is 0 Å². The minimum absolute atomic E-state index is 0.0451. The Hall–Kier alpha value is -2.18. The Labute approximate surface area is 423 Å². The third kappa shape index (κ3) is 53.2. The quantitative estimate of drug-likeness (QED) is 0.0321. The summed E-state index contributed by atoms with van der Waals surface area (Å²) in [4.78, 5) is 24.5. The van der Waals surface area contributed by atoms with E-state index in [0.717, 1.165) is 77.0 Å². The highest BCUT2D eigenvalue weighted by atomic mass is 16.5. The van der Waals surface area contributed by atoms with Crippen molar-refractivity contribution >= 4 is 11.9 Å². The van der Waals surface area contributed by atoms with Crippen LogP contribution in [0.4, 0.5) is 0 Å². The largest absolute Gasteiger partial charge is 0.466 e. The van der Waals surface area contributed by atoms with Gasteiger partial charge in [0.2, 0.25) is 5.91 Å². The topological polar surface area (TPSA) is 95.9 Å². The zero-order chi connectivity index (χ0) is 49.3. The average Bonchev–Trinajstić information content (AvgIpc) is 3.34. The molecule has 6 nitrogen and oxygen atoms in total. The second-order valence-electron chi connectivity index (χ2n) is 20.3. The fraction of sp³-hybridized carbons (Fsp3) is 0.839. The first kappa shape index (κ1) is 65.8. The van der Waals surface area contributed by atoms with Crippen molar-refractivity contribution in [3.63, 3.8) is 0 Å². The number of aliphatic hydroxyl groups is 2. The number of rotatable bonds is 55. The van der Waals surface area contributed by atoms with Gasteiger partial charge in [-0.3, -0.25) is 9.59 Å². The van der Waals surface area contributed by atoms with Crippen molar-refractivity contribution in [1.82, 2.24) is 5.32 Å². The number of hydrogen-bond acceptors (Lipinski definition) is 5. The molecule has 1 amide bonds. The highest BCUT2D eigenvalue weighted by Crippen LogP contribution is 2.17. The summed E-state index contributed by atoms with van der Waals surface area (Å²) in [5.74, 6) is -0.173. The molecule has 0 aromatic rings. The van der Waals surface area contributed by atoms with Gasteiger partial charge in [0.25, 0.3) is 0 Å². The third-order valence-corrected chi connectivity index (χ3v) is 13.6. The average molecular weight is 955 g/mol. The molecule has 0 aliphatic rings. The molecule has 0 aliphatic heterocycles. The Morgan fingerprint density at radius 1 is 0.412 bits per heavy atom. The molecule has 0 rings (SSSR count). The molecule has 398 valence electrons. The fourth-order valence-corrected chi connectivity index (χ4v) is 8.96. The molecule has 0 aliphatic carbocycles. The van der Waals surface area contributed by atoms with Crippen molar-refractivity contribution in [3.8, 4) is 0 Å². The Balaban J connectivity index is 3.56. The molecule has 3 N–H and O–H groups in total. The van der Waals surface area contributed by atoms with E-state index >= 15 is 0 Å². The zero-order valence-corrected chi connectivity index (χ0v) is 45.3. The van der Waals surface area contributed by atoms with Crippen LogP contribution in [0.25, 0.3) is 0 Å². The van der Waals surface area contributed by atoms with Crippen molar-refractivity contribution in [2.45, 2.75) is 321 Å². The van der Waals surface area contributed by atoms with Gasteiger partial charge in [0.15, 0.2) is 0 Å². The molecule has 2 atom stereocenters. The van der Waals surface area contributed by atoms with Crippen LogP contribution in [0, 0.1) is 0 Å². The summed E-state index contributed by atoms with van der Waals surface area (Å²) >= 11 is 0. The highest BCUT2D eigenvalue weighted by molar-refractivity contribution is 5.76. The predicted octanol–water partition coefficient (Wildman–Crippen LogP) is 18.6. The molecule has 0 spiro atoms. The summed E-state index contributed by atoms with van der Waals surface area (Å²) in [7, 11) is 0. The number of carbonyl (C=O) groups excluding carboxylic acids is 2. The maximum absolute atomic E-state index is 12.5. The second kappa shape index (κ2) is 57.4. The van der Waals surface area contributed by atoms with Crippen LogP contribution in [0.1, 0.15) is 309 Å². The molecule has 0 saturated carbocycles. The van der Waals surface area contributed by atoms with Crippen LogP contribution in [0.5, 0.6) is 0 Å². The van der Waals surface area contributed by atoms with Gasteiger partial charge in [-0.1, -0.05) is 262 Å². The number of unbranched alkanes of at least 4 members (excludes halogenated alkanes) is 38. The molecule has 0 radical (unpaired) electrons. The number of hydrogen-bond donors (Lipinski definition) is 3. The first-order valence-electron chi connectivity index (χ1n) is 29.9. The van der Waals surface area contributed by atoms with Gasteiger partial charge in [-0.15, -0.1) is 0 Å². The van der Waals surface area contributed by atoms with E-state index in [2.05, 4.69) is 55.6 Å². The van der Waals surface area contributed by atoms with E-state index in [4.69, 9.17) is 4.74 Å². The molecule has 0 heterocycles. The zero-order valence-electron chi connectivity index (χ0n) is 45.3. The number of amides is 1. The normalized spacial score (nSPS) is 12.9. The smallest absolute Gasteiger partial charge is 0.305 e. The lowest BCUT2D eigenvalue weighted by molar-refractivity contribution is -0.143. The molecule has 0 aromatic heterocycles. The number of ether oxygens (including phenoxy) is 1. The molecule has 0 aromatic carbocycles. The maximum Gasteiger partial charge on any atom is 0.305 e. The number of carbonyl (C=O) groups is 2. The minimum Gasteiger partial charge on any atom is -0.466 e. The Bertz CT molecular complexity index is 1150. The van der Waals surface area contributed by atoms with E-state index in [1.165, 1.54) is 205 Å². The highest BCUT2D eigenvalue weighted by Gasteiger charge is 2.18. The van der Waals surface area contributed by atoms with Crippen LogP contribution in [0.2, 0.25) is 0 Å². The molecule has 2 unspecified atom stereocenters. The lowest BCUT2D eigenvalue weighted by Gasteiger charge is -2.19. The van der Waals surface area contributed by atoms with E-state index in [1.54, 1.807) is 6.08 Å². The van der Waals surface area contributed by atoms with Crippen molar-refractivity contribution in [3.05, 3.63) is 48.6 Å². The summed E-state index contributed by atoms with van der Waals surface area (Å²) in [5.41, 5.74) is 0. The maximum atomic E-state index is 12.5. The monoisotopic (exact) mass is 954 g/mol. The molecular formula is C62H115NO5. The molecule has 0 saturated heterocycles. The van der Waals surface area contributed by atoms with Gasteiger partial charge in [0, 0.05) is 12.8 Å². The molecule has 0 bridgehead atoms. The Morgan fingerprint density at radius 2 is 0.750 bits per heavy atom. The van der Waals surface area contributed by atoms with E-state index < -0.39 is 12.1 Å². The number of esters is 1. The summed E-state index contributed by atoms with van der Waals surface area (Å²) in [6, 6.07) is -0.669. The van der Waals surface area contributed by atoms with Gasteiger partial charge >= 0.3 is 5.97 Å². The SMILES string of the molecule is CCCCCC/C=C\C/C=C\CCCCCCCCCC(=O)OCCCCCC/C=C\CCCC(=O)NC(CO)C(O)/C=C/CCCCCCCCCCCCCCCCCCCCCCCC. The number of allylic oxidation sites excluding steroid dienone is 7. The van der Waals surface area contributed by atoms with E-state index in [9.17, 15) is 19.8 Å². The van der Waals surface area contributed by atoms with E-state index in [0.29, 0.717) is 19.4 Å². The number of nitrogens with one attached hydrogen (secondary N) is 1. The van der Waals surface area contributed by atoms with Crippen LogP contribution in [-0.4, -0.2) is 47.4 Å². The minimum atomic E-state index is -0.878. The summed E-state index contributed by atoms with van der Waals surface area (Å²) in [5, 5.41) is 23.1.